The second-order valence-corrected chi connectivity index (χ2v) is 7.59. The Balaban J connectivity index is 2.12. The van der Waals surface area contributed by atoms with E-state index >= 15 is 0 Å². The number of anilines is 1. The normalized spacial score (nSPS) is 11.1. The van der Waals surface area contributed by atoms with Crippen molar-refractivity contribution in [2.24, 2.45) is 0 Å². The molecule has 23 heavy (non-hydrogen) atoms. The minimum absolute atomic E-state index is 0.175. The van der Waals surface area contributed by atoms with Gasteiger partial charge in [0.25, 0.3) is 0 Å². The number of aromatic nitrogens is 1. The van der Waals surface area contributed by atoms with Crippen LogP contribution in [0, 0.1) is 6.92 Å². The Hall–Kier alpha value is -1.88. The predicted molar refractivity (Wildman–Crippen MR) is 97.3 cm³/mol. The molecule has 0 aliphatic heterocycles. The van der Waals surface area contributed by atoms with E-state index in [0.29, 0.717) is 18.4 Å². The predicted octanol–water partition coefficient (Wildman–Crippen LogP) is 5.02. The van der Waals surface area contributed by atoms with Gasteiger partial charge in [-0.15, -0.1) is 11.3 Å². The molecule has 0 spiro atoms. The summed E-state index contributed by atoms with van der Waals surface area (Å²) in [5, 5.41) is 6.98. The molecule has 2 N–H and O–H groups in total. The van der Waals surface area contributed by atoms with Gasteiger partial charge in [0.2, 0.25) is 0 Å². The minimum atomic E-state index is -0.175. The van der Waals surface area contributed by atoms with Crippen LogP contribution in [0.4, 0.5) is 10.5 Å². The first-order chi connectivity index (χ1) is 10.9. The van der Waals surface area contributed by atoms with Gasteiger partial charge in [0.05, 0.1) is 11.6 Å². The van der Waals surface area contributed by atoms with E-state index in [1.165, 1.54) is 11.1 Å². The van der Waals surface area contributed by atoms with Crippen LogP contribution in [-0.2, 0) is 6.54 Å². The molecular formula is C18H25N3OS. The van der Waals surface area contributed by atoms with E-state index in [-0.39, 0.29) is 6.03 Å². The number of nitrogens with one attached hydrogen (secondary N) is 2. The van der Waals surface area contributed by atoms with Crippen LogP contribution < -0.4 is 10.6 Å². The van der Waals surface area contributed by atoms with Crippen molar-refractivity contribution in [3.05, 3.63) is 45.4 Å². The maximum Gasteiger partial charge on any atom is 0.319 e. The van der Waals surface area contributed by atoms with E-state index in [1.54, 1.807) is 11.3 Å². The molecule has 1 heterocycles. The molecule has 0 bridgehead atoms. The first-order valence-corrected chi connectivity index (χ1v) is 8.79. The summed E-state index contributed by atoms with van der Waals surface area (Å²) in [6.07, 6.45) is 1.81. The lowest BCUT2D eigenvalue weighted by Crippen LogP contribution is -2.29. The van der Waals surface area contributed by atoms with Crippen LogP contribution in [0.2, 0.25) is 0 Å². The molecule has 1 aromatic heterocycles. The topological polar surface area (TPSA) is 54.0 Å². The first-order valence-electron chi connectivity index (χ1n) is 7.97. The Kier molecular flexibility index (Phi) is 5.77. The average molecular weight is 331 g/mol. The first kappa shape index (κ1) is 17.5. The molecule has 0 fully saturated rings. The molecule has 0 unspecified atom stereocenters. The summed E-state index contributed by atoms with van der Waals surface area (Å²) in [5.41, 5.74) is 3.27. The van der Waals surface area contributed by atoms with Crippen molar-refractivity contribution in [1.29, 1.82) is 0 Å². The fourth-order valence-corrected chi connectivity index (χ4v) is 3.24. The van der Waals surface area contributed by atoms with Crippen molar-refractivity contribution in [1.82, 2.24) is 10.3 Å². The number of amides is 2. The third kappa shape index (κ3) is 4.55. The van der Waals surface area contributed by atoms with Crippen molar-refractivity contribution in [2.45, 2.75) is 53.0 Å². The summed E-state index contributed by atoms with van der Waals surface area (Å²) in [4.78, 5) is 17.6. The number of carbonyl (C=O) groups is 1. The third-order valence-corrected chi connectivity index (χ3v) is 4.62. The second-order valence-electron chi connectivity index (χ2n) is 6.27. The molecule has 4 nitrogen and oxygen atoms in total. The van der Waals surface area contributed by atoms with E-state index in [2.05, 4.69) is 61.5 Å². The number of nitrogens with zero attached hydrogens (tertiary/aromatic N) is 1. The highest BCUT2D eigenvalue weighted by atomic mass is 32.1. The molecule has 1 aromatic carbocycles. The number of aryl methyl sites for hydroxylation is 1. The zero-order chi connectivity index (χ0) is 17.0. The van der Waals surface area contributed by atoms with Crippen LogP contribution in [0.5, 0.6) is 0 Å². The largest absolute Gasteiger partial charge is 0.333 e. The van der Waals surface area contributed by atoms with Gasteiger partial charge in [0.1, 0.15) is 0 Å². The van der Waals surface area contributed by atoms with Gasteiger partial charge in [-0.1, -0.05) is 45.9 Å². The smallest absolute Gasteiger partial charge is 0.319 e. The Morgan fingerprint density at radius 2 is 1.78 bits per heavy atom. The summed E-state index contributed by atoms with van der Waals surface area (Å²) in [6.45, 7) is 11.0. The number of benzene rings is 1. The lowest BCUT2D eigenvalue weighted by Gasteiger charge is -2.20. The Labute approximate surface area is 142 Å². The number of urea groups is 1. The van der Waals surface area contributed by atoms with Gasteiger partial charge in [0.15, 0.2) is 0 Å². The minimum Gasteiger partial charge on any atom is -0.333 e. The summed E-state index contributed by atoms with van der Waals surface area (Å²) in [7, 11) is 0. The number of hydrogen-bond donors (Lipinski definition) is 2. The molecule has 5 heteroatoms. The van der Waals surface area contributed by atoms with Crippen molar-refractivity contribution in [3.8, 4) is 0 Å². The zero-order valence-corrected chi connectivity index (χ0v) is 15.3. The summed E-state index contributed by atoms with van der Waals surface area (Å²) in [5.74, 6) is 0.710. The molecule has 0 aliphatic rings. The van der Waals surface area contributed by atoms with Crippen molar-refractivity contribution < 1.29 is 4.79 Å². The molecule has 0 atom stereocenters. The monoisotopic (exact) mass is 331 g/mol. The molecule has 2 aromatic rings. The molecule has 0 saturated heterocycles. The fourth-order valence-electron chi connectivity index (χ4n) is 2.51. The van der Waals surface area contributed by atoms with E-state index in [9.17, 15) is 4.79 Å². The molecular weight excluding hydrogens is 306 g/mol. The highest BCUT2D eigenvalue weighted by molar-refractivity contribution is 7.11. The number of para-hydroxylation sites is 1. The third-order valence-electron chi connectivity index (χ3n) is 3.70. The molecule has 2 rings (SSSR count). The molecule has 2 amide bonds. The second kappa shape index (κ2) is 7.59. The molecule has 0 radical (unpaired) electrons. The summed E-state index contributed by atoms with van der Waals surface area (Å²) in [6, 6.07) is 6.05. The standard InChI is InChI=1S/C18H25N3OS/c1-11(2)15-7-6-8-16(12(3)4)17(15)21-18(22)20-10-14-9-19-13(5)23-14/h6-9,11-12H,10H2,1-5H3,(H2,20,21,22). The lowest BCUT2D eigenvalue weighted by molar-refractivity contribution is 0.252. The van der Waals surface area contributed by atoms with Gasteiger partial charge in [-0.25, -0.2) is 9.78 Å². The highest BCUT2D eigenvalue weighted by Crippen LogP contribution is 2.32. The van der Waals surface area contributed by atoms with Crippen LogP contribution in [0.1, 0.15) is 60.5 Å². The Morgan fingerprint density at radius 3 is 2.26 bits per heavy atom. The van der Waals surface area contributed by atoms with Gasteiger partial charge in [0, 0.05) is 16.8 Å². The fraction of sp³-hybridized carbons (Fsp3) is 0.444. The molecule has 0 aliphatic carbocycles. The number of rotatable bonds is 5. The molecule has 124 valence electrons. The number of thiazole rings is 1. The van der Waals surface area contributed by atoms with Gasteiger partial charge < -0.3 is 10.6 Å². The van der Waals surface area contributed by atoms with E-state index in [4.69, 9.17) is 0 Å². The zero-order valence-electron chi connectivity index (χ0n) is 14.4. The highest BCUT2D eigenvalue weighted by Gasteiger charge is 2.15. The van der Waals surface area contributed by atoms with E-state index in [0.717, 1.165) is 15.6 Å². The Morgan fingerprint density at radius 1 is 1.17 bits per heavy atom. The van der Waals surface area contributed by atoms with Crippen molar-refractivity contribution in [3.63, 3.8) is 0 Å². The maximum absolute atomic E-state index is 12.3. The lowest BCUT2D eigenvalue weighted by atomic mass is 9.93. The average Bonchev–Trinajstić information content (AvgIpc) is 2.90. The van der Waals surface area contributed by atoms with Gasteiger partial charge in [-0.2, -0.15) is 0 Å². The van der Waals surface area contributed by atoms with Gasteiger partial charge in [-0.3, -0.25) is 0 Å². The maximum atomic E-state index is 12.3. The Bertz CT molecular complexity index is 650. The van der Waals surface area contributed by atoms with Crippen LogP contribution in [0.3, 0.4) is 0 Å². The SMILES string of the molecule is Cc1ncc(CNC(=O)Nc2c(C(C)C)cccc2C(C)C)s1. The van der Waals surface area contributed by atoms with Gasteiger partial charge in [-0.05, 0) is 29.9 Å². The van der Waals surface area contributed by atoms with Crippen LogP contribution >= 0.6 is 11.3 Å². The van der Waals surface area contributed by atoms with Crippen LogP contribution in [-0.4, -0.2) is 11.0 Å². The summed E-state index contributed by atoms with van der Waals surface area (Å²) >= 11 is 1.60. The van der Waals surface area contributed by atoms with Crippen molar-refractivity contribution >= 4 is 23.1 Å². The van der Waals surface area contributed by atoms with Gasteiger partial charge >= 0.3 is 6.03 Å². The van der Waals surface area contributed by atoms with Crippen molar-refractivity contribution in [2.75, 3.05) is 5.32 Å². The van der Waals surface area contributed by atoms with E-state index in [1.807, 2.05) is 13.1 Å². The van der Waals surface area contributed by atoms with Crippen LogP contribution in [0.25, 0.3) is 0 Å². The number of hydrogen-bond acceptors (Lipinski definition) is 3. The summed E-state index contributed by atoms with van der Waals surface area (Å²) < 4.78 is 0. The quantitative estimate of drug-likeness (QED) is 0.808. The van der Waals surface area contributed by atoms with E-state index < -0.39 is 0 Å². The van der Waals surface area contributed by atoms with Crippen LogP contribution in [0.15, 0.2) is 24.4 Å². The number of carbonyl (C=O) groups excluding carboxylic acids is 1. The molecule has 0 saturated carbocycles.